The van der Waals surface area contributed by atoms with Crippen LogP contribution in [0, 0.1) is 0 Å². The van der Waals surface area contributed by atoms with Crippen molar-refractivity contribution >= 4 is 16.7 Å². The highest BCUT2D eigenvalue weighted by Crippen LogP contribution is 2.27. The molecule has 24 heavy (non-hydrogen) atoms. The number of esters is 1. The van der Waals surface area contributed by atoms with Crippen molar-refractivity contribution in [2.75, 3.05) is 13.2 Å². The topological polar surface area (TPSA) is 71.2 Å². The fraction of sp³-hybridized carbons (Fsp3) is 0.421. The molecule has 2 rings (SSSR count). The summed E-state index contributed by atoms with van der Waals surface area (Å²) in [6.45, 7) is 7.41. The third kappa shape index (κ3) is 4.17. The summed E-state index contributed by atoms with van der Waals surface area (Å²) in [6.07, 6.45) is 0. The highest BCUT2D eigenvalue weighted by Gasteiger charge is 2.40. The van der Waals surface area contributed by atoms with Crippen LogP contribution >= 0.6 is 0 Å². The molecular weight excluding hydrogens is 304 g/mol. The first kappa shape index (κ1) is 18.1. The molecule has 0 heterocycles. The zero-order chi connectivity index (χ0) is 17.8. The van der Waals surface area contributed by atoms with Crippen molar-refractivity contribution in [2.24, 2.45) is 10.2 Å². The molecule has 1 atom stereocenters. The summed E-state index contributed by atoms with van der Waals surface area (Å²) >= 11 is 0. The predicted molar refractivity (Wildman–Crippen MR) is 94.0 cm³/mol. The lowest BCUT2D eigenvalue weighted by atomic mass is 9.92. The van der Waals surface area contributed by atoms with E-state index in [2.05, 4.69) is 10.2 Å². The fourth-order valence-electron chi connectivity index (χ4n) is 2.32. The second kappa shape index (κ2) is 7.09. The SMILES string of the molecule is CCOC(=O)[C@](O)(CN=NC(C)(C)C)c1ccc2ccccc2c1. The lowest BCUT2D eigenvalue weighted by Crippen LogP contribution is -2.40. The summed E-state index contributed by atoms with van der Waals surface area (Å²) in [5, 5.41) is 21.2. The maximum Gasteiger partial charge on any atom is 0.344 e. The quantitative estimate of drug-likeness (QED) is 0.669. The van der Waals surface area contributed by atoms with Gasteiger partial charge in [0.05, 0.1) is 12.1 Å². The Labute approximate surface area is 142 Å². The van der Waals surface area contributed by atoms with Gasteiger partial charge in [-0.25, -0.2) is 4.79 Å². The molecule has 0 fully saturated rings. The third-order valence-electron chi connectivity index (χ3n) is 3.51. The number of ether oxygens (including phenoxy) is 1. The first-order chi connectivity index (χ1) is 11.3. The molecule has 5 nitrogen and oxygen atoms in total. The Morgan fingerprint density at radius 2 is 1.79 bits per heavy atom. The Balaban J connectivity index is 2.43. The van der Waals surface area contributed by atoms with E-state index in [1.807, 2.05) is 51.1 Å². The normalized spacial score (nSPS) is 14.7. The zero-order valence-electron chi connectivity index (χ0n) is 14.6. The van der Waals surface area contributed by atoms with Gasteiger partial charge in [0.15, 0.2) is 0 Å². The van der Waals surface area contributed by atoms with Crippen LogP contribution in [0.4, 0.5) is 0 Å². The highest BCUT2D eigenvalue weighted by atomic mass is 16.5. The van der Waals surface area contributed by atoms with Gasteiger partial charge >= 0.3 is 5.97 Å². The number of fused-ring (bicyclic) bond motifs is 1. The van der Waals surface area contributed by atoms with E-state index in [-0.39, 0.29) is 18.7 Å². The van der Waals surface area contributed by atoms with Gasteiger partial charge in [0.25, 0.3) is 0 Å². The minimum Gasteiger partial charge on any atom is -0.464 e. The highest BCUT2D eigenvalue weighted by molar-refractivity contribution is 5.87. The number of carbonyl (C=O) groups excluding carboxylic acids is 1. The van der Waals surface area contributed by atoms with Gasteiger partial charge in [-0.15, -0.1) is 0 Å². The Morgan fingerprint density at radius 1 is 1.12 bits per heavy atom. The molecule has 0 saturated carbocycles. The van der Waals surface area contributed by atoms with E-state index in [1.54, 1.807) is 19.1 Å². The molecule has 0 unspecified atom stereocenters. The molecule has 5 heteroatoms. The summed E-state index contributed by atoms with van der Waals surface area (Å²) in [5.41, 5.74) is -1.78. The number of hydrogen-bond acceptors (Lipinski definition) is 5. The summed E-state index contributed by atoms with van der Waals surface area (Å²) in [5.74, 6) is -0.715. The van der Waals surface area contributed by atoms with Gasteiger partial charge < -0.3 is 9.84 Å². The lowest BCUT2D eigenvalue weighted by Gasteiger charge is -2.25. The van der Waals surface area contributed by atoms with Crippen LogP contribution in [0.3, 0.4) is 0 Å². The Morgan fingerprint density at radius 3 is 2.42 bits per heavy atom. The summed E-state index contributed by atoms with van der Waals surface area (Å²) in [7, 11) is 0. The van der Waals surface area contributed by atoms with Crippen LogP contribution in [0.2, 0.25) is 0 Å². The van der Waals surface area contributed by atoms with Crippen LogP contribution in [0.25, 0.3) is 10.8 Å². The van der Waals surface area contributed by atoms with Gasteiger partial charge in [-0.3, -0.25) is 0 Å². The molecule has 0 aliphatic heterocycles. The molecule has 2 aromatic carbocycles. The molecule has 0 saturated heterocycles. The lowest BCUT2D eigenvalue weighted by molar-refractivity contribution is -0.165. The first-order valence-corrected chi connectivity index (χ1v) is 8.04. The minimum absolute atomic E-state index is 0.179. The number of aliphatic hydroxyl groups is 1. The second-order valence-electron chi connectivity index (χ2n) is 6.71. The zero-order valence-corrected chi connectivity index (χ0v) is 14.6. The number of azo groups is 1. The van der Waals surface area contributed by atoms with Crippen molar-refractivity contribution in [3.63, 3.8) is 0 Å². The molecular formula is C19H24N2O3. The van der Waals surface area contributed by atoms with Crippen molar-refractivity contribution < 1.29 is 14.6 Å². The standard InChI is InChI=1S/C19H24N2O3/c1-5-24-17(22)19(23,13-20-21-18(2,3)4)16-11-10-14-8-6-7-9-15(14)12-16/h6-12,23H,5,13H2,1-4H3/t19-/m0/s1. The molecule has 0 radical (unpaired) electrons. The van der Waals surface area contributed by atoms with Crippen molar-refractivity contribution in [1.29, 1.82) is 0 Å². The molecule has 0 aromatic heterocycles. The molecule has 0 bridgehead atoms. The molecule has 128 valence electrons. The Hall–Kier alpha value is -2.27. The molecule has 0 spiro atoms. The van der Waals surface area contributed by atoms with Gasteiger partial charge in [-0.05, 0) is 50.1 Å². The largest absolute Gasteiger partial charge is 0.464 e. The van der Waals surface area contributed by atoms with Gasteiger partial charge in [0, 0.05) is 0 Å². The Bertz CT molecular complexity index is 750. The maximum atomic E-state index is 12.4. The van der Waals surface area contributed by atoms with Crippen LogP contribution in [0.1, 0.15) is 33.3 Å². The van der Waals surface area contributed by atoms with E-state index in [0.717, 1.165) is 10.8 Å². The van der Waals surface area contributed by atoms with Gasteiger partial charge in [0.2, 0.25) is 5.60 Å². The summed E-state index contributed by atoms with van der Waals surface area (Å²) in [4.78, 5) is 12.4. The molecule has 0 aliphatic rings. The number of carbonyl (C=O) groups is 1. The van der Waals surface area contributed by atoms with E-state index in [1.165, 1.54) is 0 Å². The van der Waals surface area contributed by atoms with E-state index in [9.17, 15) is 9.90 Å². The fourth-order valence-corrected chi connectivity index (χ4v) is 2.32. The molecule has 1 N–H and O–H groups in total. The van der Waals surface area contributed by atoms with Crippen molar-refractivity contribution in [3.05, 3.63) is 48.0 Å². The third-order valence-corrected chi connectivity index (χ3v) is 3.51. The first-order valence-electron chi connectivity index (χ1n) is 8.04. The average Bonchev–Trinajstić information content (AvgIpc) is 2.53. The molecule has 2 aromatic rings. The molecule has 0 amide bonds. The second-order valence-corrected chi connectivity index (χ2v) is 6.71. The number of hydrogen-bond donors (Lipinski definition) is 1. The predicted octanol–water partition coefficient (Wildman–Crippen LogP) is 3.84. The average molecular weight is 328 g/mol. The molecule has 0 aliphatic carbocycles. The summed E-state index contributed by atoms with van der Waals surface area (Å²) in [6, 6.07) is 13.1. The van der Waals surface area contributed by atoms with E-state index < -0.39 is 11.6 Å². The minimum atomic E-state index is -1.85. The number of nitrogens with zero attached hydrogens (tertiary/aromatic N) is 2. The van der Waals surface area contributed by atoms with Crippen LogP contribution < -0.4 is 0 Å². The van der Waals surface area contributed by atoms with Gasteiger partial charge in [0.1, 0.15) is 6.54 Å². The van der Waals surface area contributed by atoms with Crippen LogP contribution in [0.5, 0.6) is 0 Å². The Kier molecular flexibility index (Phi) is 5.34. The van der Waals surface area contributed by atoms with E-state index in [4.69, 9.17) is 4.74 Å². The van der Waals surface area contributed by atoms with Crippen molar-refractivity contribution in [1.82, 2.24) is 0 Å². The van der Waals surface area contributed by atoms with Crippen LogP contribution in [-0.4, -0.2) is 29.8 Å². The van der Waals surface area contributed by atoms with Crippen molar-refractivity contribution in [2.45, 2.75) is 38.8 Å². The van der Waals surface area contributed by atoms with Gasteiger partial charge in [-0.1, -0.05) is 36.4 Å². The maximum absolute atomic E-state index is 12.4. The number of benzene rings is 2. The van der Waals surface area contributed by atoms with Crippen LogP contribution in [-0.2, 0) is 15.1 Å². The smallest absolute Gasteiger partial charge is 0.344 e. The van der Waals surface area contributed by atoms with Crippen LogP contribution in [0.15, 0.2) is 52.7 Å². The van der Waals surface area contributed by atoms with Crippen molar-refractivity contribution in [3.8, 4) is 0 Å². The summed E-state index contributed by atoms with van der Waals surface area (Å²) < 4.78 is 5.07. The number of rotatable bonds is 5. The monoisotopic (exact) mass is 328 g/mol. The van der Waals surface area contributed by atoms with E-state index in [0.29, 0.717) is 5.56 Å². The van der Waals surface area contributed by atoms with Gasteiger partial charge in [-0.2, -0.15) is 10.2 Å². The van der Waals surface area contributed by atoms with E-state index >= 15 is 0 Å².